The maximum absolute atomic E-state index is 14.1. The van der Waals surface area contributed by atoms with Gasteiger partial charge in [0.1, 0.15) is 19.0 Å². The Morgan fingerprint density at radius 2 is 2.08 bits per heavy atom. The van der Waals surface area contributed by atoms with Gasteiger partial charge < -0.3 is 14.4 Å². The average molecular weight is 389 g/mol. The second-order valence-electron chi connectivity index (χ2n) is 5.09. The maximum atomic E-state index is 14.1. The van der Waals surface area contributed by atoms with Gasteiger partial charge in [0.25, 0.3) is 6.43 Å². The normalized spacial score (nSPS) is 11.3. The third-order valence-corrected chi connectivity index (χ3v) is 4.29. The number of halogens is 5. The van der Waals surface area contributed by atoms with E-state index in [0.717, 1.165) is 24.1 Å². The minimum Gasteiger partial charge on any atom is -0.489 e. The third-order valence-electron chi connectivity index (χ3n) is 3.44. The number of fused-ring (bicyclic) bond motifs is 1. The fourth-order valence-corrected chi connectivity index (χ4v) is 3.00. The van der Waals surface area contributed by atoms with Gasteiger partial charge >= 0.3 is 0 Å². The topological polar surface area (TPSA) is 49.9 Å². The van der Waals surface area contributed by atoms with Gasteiger partial charge in [-0.2, -0.15) is 0 Å². The zero-order valence-electron chi connectivity index (χ0n) is 13.0. The van der Waals surface area contributed by atoms with E-state index in [0.29, 0.717) is 10.3 Å². The van der Waals surface area contributed by atoms with Crippen LogP contribution in [0.5, 0.6) is 5.75 Å². The summed E-state index contributed by atoms with van der Waals surface area (Å²) in [6.45, 7) is -0.911. The molecule has 0 fully saturated rings. The maximum Gasteiger partial charge on any atom is 0.266 e. The summed E-state index contributed by atoms with van der Waals surface area (Å²) in [5.74, 6) is -1.77. The standard InChI is InChI=1S/C16H12F5N3OS/c17-3-4-25-8-5-11(18)16(23-6-8)24-26-12-7-22-14-9(12)1-2-10(13(14)19)15(20)21/h1-2,5-7,15,22H,3-4H2,(H,23,24). The van der Waals surface area contributed by atoms with Crippen LogP contribution in [-0.4, -0.2) is 23.2 Å². The van der Waals surface area contributed by atoms with E-state index < -0.39 is 30.3 Å². The smallest absolute Gasteiger partial charge is 0.266 e. The second-order valence-corrected chi connectivity index (χ2v) is 5.94. The van der Waals surface area contributed by atoms with E-state index in [2.05, 4.69) is 14.7 Å². The zero-order chi connectivity index (χ0) is 18.7. The van der Waals surface area contributed by atoms with Crippen molar-refractivity contribution in [2.24, 2.45) is 0 Å². The summed E-state index contributed by atoms with van der Waals surface area (Å²) in [5.41, 5.74) is -0.754. The third kappa shape index (κ3) is 3.69. The lowest BCUT2D eigenvalue weighted by atomic mass is 10.1. The van der Waals surface area contributed by atoms with Crippen LogP contribution in [0.3, 0.4) is 0 Å². The van der Waals surface area contributed by atoms with E-state index in [1.54, 1.807) is 0 Å². The molecule has 2 N–H and O–H groups in total. The number of alkyl halides is 3. The molecule has 3 aromatic rings. The highest BCUT2D eigenvalue weighted by Gasteiger charge is 2.18. The lowest BCUT2D eigenvalue weighted by Crippen LogP contribution is -2.01. The molecule has 0 amide bonds. The number of hydrogen-bond donors (Lipinski definition) is 2. The number of H-pyrrole nitrogens is 1. The van der Waals surface area contributed by atoms with Crippen molar-refractivity contribution in [2.45, 2.75) is 11.3 Å². The van der Waals surface area contributed by atoms with Crippen molar-refractivity contribution in [1.29, 1.82) is 0 Å². The van der Waals surface area contributed by atoms with Crippen molar-refractivity contribution in [1.82, 2.24) is 9.97 Å². The van der Waals surface area contributed by atoms with E-state index in [1.165, 1.54) is 18.5 Å². The number of pyridine rings is 1. The largest absolute Gasteiger partial charge is 0.489 e. The molecule has 3 rings (SSSR count). The molecular weight excluding hydrogens is 377 g/mol. The molecular formula is C16H12F5N3OS. The number of aromatic amines is 1. The highest BCUT2D eigenvalue weighted by molar-refractivity contribution is 8.00. The van der Waals surface area contributed by atoms with Gasteiger partial charge in [0.15, 0.2) is 17.5 Å². The molecule has 0 radical (unpaired) electrons. The molecule has 138 valence electrons. The predicted molar refractivity (Wildman–Crippen MR) is 88.4 cm³/mol. The molecule has 0 bridgehead atoms. The molecule has 0 aliphatic carbocycles. The minimum atomic E-state index is -2.92. The lowest BCUT2D eigenvalue weighted by molar-refractivity contribution is 0.146. The monoisotopic (exact) mass is 389 g/mol. The number of anilines is 1. The minimum absolute atomic E-state index is 0.0597. The Kier molecular flexibility index (Phi) is 5.50. The Balaban J connectivity index is 1.77. The Morgan fingerprint density at radius 1 is 1.27 bits per heavy atom. The van der Waals surface area contributed by atoms with Crippen LogP contribution in [0.1, 0.15) is 12.0 Å². The summed E-state index contributed by atoms with van der Waals surface area (Å²) in [5, 5.41) is 0.368. The number of nitrogens with one attached hydrogen (secondary N) is 2. The van der Waals surface area contributed by atoms with Gasteiger partial charge in [-0.05, 0) is 18.0 Å². The molecule has 26 heavy (non-hydrogen) atoms. The van der Waals surface area contributed by atoms with E-state index >= 15 is 0 Å². The Labute approximate surface area is 148 Å². The van der Waals surface area contributed by atoms with Gasteiger partial charge in [-0.15, -0.1) is 0 Å². The Hall–Kier alpha value is -2.49. The first-order valence-corrected chi connectivity index (χ1v) is 8.17. The molecule has 0 saturated heterocycles. The van der Waals surface area contributed by atoms with Gasteiger partial charge in [-0.25, -0.2) is 26.9 Å². The summed E-state index contributed by atoms with van der Waals surface area (Å²) in [6.07, 6.45) is -0.281. The number of hydrogen-bond acceptors (Lipinski definition) is 4. The fraction of sp³-hybridized carbons (Fsp3) is 0.188. The number of ether oxygens (including phenoxy) is 1. The van der Waals surface area contributed by atoms with E-state index in [4.69, 9.17) is 4.74 Å². The van der Waals surface area contributed by atoms with Crippen molar-refractivity contribution in [2.75, 3.05) is 18.0 Å². The van der Waals surface area contributed by atoms with Crippen LogP contribution in [0.25, 0.3) is 10.9 Å². The lowest BCUT2D eigenvalue weighted by Gasteiger charge is -2.08. The van der Waals surface area contributed by atoms with E-state index in [9.17, 15) is 22.0 Å². The van der Waals surface area contributed by atoms with Crippen molar-refractivity contribution < 1.29 is 26.7 Å². The molecule has 2 aromatic heterocycles. The predicted octanol–water partition coefficient (Wildman–Crippen LogP) is 5.25. The quantitative estimate of drug-likeness (QED) is 0.428. The molecule has 0 spiro atoms. The SMILES string of the molecule is FCCOc1cnc(NSc2c[nH]c3c(F)c(C(F)F)ccc23)c(F)c1. The molecule has 2 heterocycles. The molecule has 0 saturated carbocycles. The Bertz CT molecular complexity index is 918. The number of nitrogens with zero attached hydrogens (tertiary/aromatic N) is 1. The molecule has 0 atom stereocenters. The Morgan fingerprint density at radius 3 is 2.77 bits per heavy atom. The van der Waals surface area contributed by atoms with Crippen molar-refractivity contribution in [3.8, 4) is 5.75 Å². The molecule has 1 aromatic carbocycles. The van der Waals surface area contributed by atoms with Crippen LogP contribution in [0.4, 0.5) is 27.8 Å². The van der Waals surface area contributed by atoms with Gasteiger partial charge in [-0.3, -0.25) is 0 Å². The van der Waals surface area contributed by atoms with Crippen LogP contribution in [-0.2, 0) is 0 Å². The summed E-state index contributed by atoms with van der Waals surface area (Å²) in [4.78, 5) is 6.89. The van der Waals surface area contributed by atoms with Crippen LogP contribution in [0.15, 0.2) is 35.5 Å². The summed E-state index contributed by atoms with van der Waals surface area (Å²) in [7, 11) is 0. The summed E-state index contributed by atoms with van der Waals surface area (Å²) in [6, 6.07) is 3.42. The van der Waals surface area contributed by atoms with Crippen LogP contribution in [0.2, 0.25) is 0 Å². The first kappa shape index (κ1) is 18.3. The molecule has 0 aliphatic rings. The average Bonchev–Trinajstić information content (AvgIpc) is 3.03. The van der Waals surface area contributed by atoms with Crippen LogP contribution < -0.4 is 9.46 Å². The van der Waals surface area contributed by atoms with Crippen molar-refractivity contribution in [3.63, 3.8) is 0 Å². The van der Waals surface area contributed by atoms with E-state index in [-0.39, 0.29) is 23.7 Å². The van der Waals surface area contributed by atoms with Gasteiger partial charge in [0.2, 0.25) is 0 Å². The van der Waals surface area contributed by atoms with Gasteiger partial charge in [0, 0.05) is 17.6 Å². The van der Waals surface area contributed by atoms with Gasteiger partial charge in [-0.1, -0.05) is 6.07 Å². The molecule has 4 nitrogen and oxygen atoms in total. The van der Waals surface area contributed by atoms with Crippen LogP contribution in [0, 0.1) is 11.6 Å². The molecule has 0 aliphatic heterocycles. The number of rotatable bonds is 7. The first-order valence-electron chi connectivity index (χ1n) is 7.36. The van der Waals surface area contributed by atoms with E-state index in [1.807, 2.05) is 0 Å². The zero-order valence-corrected chi connectivity index (χ0v) is 13.8. The van der Waals surface area contributed by atoms with Gasteiger partial charge in [0.05, 0.1) is 22.2 Å². The molecule has 0 unspecified atom stereocenters. The summed E-state index contributed by atoms with van der Waals surface area (Å²) >= 11 is 0.932. The number of aromatic nitrogens is 2. The van der Waals surface area contributed by atoms with Crippen molar-refractivity contribution >= 4 is 28.7 Å². The highest BCUT2D eigenvalue weighted by Crippen LogP contribution is 2.34. The molecule has 10 heteroatoms. The highest BCUT2D eigenvalue weighted by atomic mass is 32.2. The van der Waals surface area contributed by atoms with Crippen molar-refractivity contribution in [3.05, 3.63) is 47.8 Å². The van der Waals surface area contributed by atoms with Crippen LogP contribution >= 0.6 is 11.9 Å². The summed E-state index contributed by atoms with van der Waals surface area (Å²) < 4.78 is 73.1. The first-order chi connectivity index (χ1) is 12.5. The number of benzene rings is 1. The fourth-order valence-electron chi connectivity index (χ4n) is 2.24. The second kappa shape index (κ2) is 7.81.